The molecule has 1 saturated heterocycles. The van der Waals surface area contributed by atoms with Crippen LogP contribution in [-0.4, -0.2) is 37.8 Å². The molecule has 0 bridgehead atoms. The molecule has 2 heterocycles. The monoisotopic (exact) mass is 315 g/mol. The Morgan fingerprint density at radius 3 is 2.87 bits per heavy atom. The van der Waals surface area contributed by atoms with E-state index in [2.05, 4.69) is 17.0 Å². The third-order valence-corrected chi connectivity index (χ3v) is 3.98. The highest BCUT2D eigenvalue weighted by atomic mass is 16.5. The Kier molecular flexibility index (Phi) is 5.10. The van der Waals surface area contributed by atoms with Crippen molar-refractivity contribution >= 4 is 0 Å². The van der Waals surface area contributed by atoms with Crippen molar-refractivity contribution in [3.63, 3.8) is 0 Å². The van der Waals surface area contributed by atoms with Crippen molar-refractivity contribution in [3.8, 4) is 5.75 Å². The summed E-state index contributed by atoms with van der Waals surface area (Å²) in [6.45, 7) is 2.96. The van der Waals surface area contributed by atoms with Crippen molar-refractivity contribution in [2.45, 2.75) is 19.1 Å². The molecular formula is C18H21NO4. The Bertz CT molecular complexity index is 683. The van der Waals surface area contributed by atoms with Gasteiger partial charge in [-0.25, -0.2) is 0 Å². The molecule has 0 aliphatic carbocycles. The largest absolute Gasteiger partial charge is 0.490 e. The molecule has 1 fully saturated rings. The number of benzene rings is 1. The van der Waals surface area contributed by atoms with Gasteiger partial charge in [-0.3, -0.25) is 9.69 Å². The number of morpholine rings is 1. The van der Waals surface area contributed by atoms with Crippen LogP contribution in [-0.2, 0) is 17.7 Å². The molecule has 0 saturated carbocycles. The van der Waals surface area contributed by atoms with Crippen LogP contribution in [0.3, 0.4) is 0 Å². The lowest BCUT2D eigenvalue weighted by Crippen LogP contribution is -2.42. The molecule has 122 valence electrons. The zero-order valence-electron chi connectivity index (χ0n) is 13.2. The fourth-order valence-electron chi connectivity index (χ4n) is 2.82. The van der Waals surface area contributed by atoms with Crippen molar-refractivity contribution < 1.29 is 13.9 Å². The lowest BCUT2D eigenvalue weighted by Gasteiger charge is -2.32. The van der Waals surface area contributed by atoms with Crippen LogP contribution in [0.25, 0.3) is 0 Å². The molecule has 23 heavy (non-hydrogen) atoms. The van der Waals surface area contributed by atoms with Gasteiger partial charge in [-0.05, 0) is 12.0 Å². The van der Waals surface area contributed by atoms with Crippen molar-refractivity contribution in [2.24, 2.45) is 0 Å². The minimum atomic E-state index is -0.150. The zero-order chi connectivity index (χ0) is 16.1. The van der Waals surface area contributed by atoms with Gasteiger partial charge in [-0.1, -0.05) is 30.3 Å². The lowest BCUT2D eigenvalue weighted by molar-refractivity contribution is -0.0324. The molecule has 5 nitrogen and oxygen atoms in total. The molecule has 0 amide bonds. The predicted molar refractivity (Wildman–Crippen MR) is 86.7 cm³/mol. The van der Waals surface area contributed by atoms with E-state index in [1.54, 1.807) is 0 Å². The number of nitrogens with zero attached hydrogens (tertiary/aromatic N) is 1. The predicted octanol–water partition coefficient (Wildman–Crippen LogP) is 2.09. The second-order valence-corrected chi connectivity index (χ2v) is 5.70. The molecule has 0 spiro atoms. The van der Waals surface area contributed by atoms with Crippen LogP contribution in [0.1, 0.15) is 11.3 Å². The highest BCUT2D eigenvalue weighted by Gasteiger charge is 2.21. The average molecular weight is 315 g/mol. The van der Waals surface area contributed by atoms with Gasteiger partial charge in [0.25, 0.3) is 0 Å². The van der Waals surface area contributed by atoms with E-state index >= 15 is 0 Å². The summed E-state index contributed by atoms with van der Waals surface area (Å²) in [4.78, 5) is 14.0. The molecule has 0 N–H and O–H groups in total. The van der Waals surface area contributed by atoms with Crippen LogP contribution in [0.2, 0.25) is 0 Å². The van der Waals surface area contributed by atoms with Crippen LogP contribution < -0.4 is 10.2 Å². The smallest absolute Gasteiger partial charge is 0.227 e. The van der Waals surface area contributed by atoms with Crippen LogP contribution in [0.5, 0.6) is 5.75 Å². The van der Waals surface area contributed by atoms with Crippen LogP contribution >= 0.6 is 0 Å². The van der Waals surface area contributed by atoms with Crippen molar-refractivity contribution in [1.29, 1.82) is 0 Å². The summed E-state index contributed by atoms with van der Waals surface area (Å²) in [5, 5.41) is 0. The third kappa shape index (κ3) is 4.21. The summed E-state index contributed by atoms with van der Waals surface area (Å²) in [5.74, 6) is 0.883. The summed E-state index contributed by atoms with van der Waals surface area (Å²) in [6.07, 6.45) is 2.43. The molecule has 3 rings (SSSR count). The van der Waals surface area contributed by atoms with E-state index in [1.165, 1.54) is 25.0 Å². The molecule has 0 radical (unpaired) electrons. The molecular weight excluding hydrogens is 294 g/mol. The Labute approximate surface area is 135 Å². The van der Waals surface area contributed by atoms with Gasteiger partial charge in [0.1, 0.15) is 12.0 Å². The number of methoxy groups -OCH3 is 1. The lowest BCUT2D eigenvalue weighted by atomic mass is 10.1. The fourth-order valence-corrected chi connectivity index (χ4v) is 2.82. The topological polar surface area (TPSA) is 51.9 Å². The quantitative estimate of drug-likeness (QED) is 0.846. The van der Waals surface area contributed by atoms with Gasteiger partial charge in [0.2, 0.25) is 11.2 Å². The van der Waals surface area contributed by atoms with E-state index in [1.807, 2.05) is 18.2 Å². The first-order chi connectivity index (χ1) is 11.2. The molecule has 1 aromatic heterocycles. The average Bonchev–Trinajstić information content (AvgIpc) is 2.56. The van der Waals surface area contributed by atoms with Crippen molar-refractivity contribution in [1.82, 2.24) is 4.90 Å². The minimum Gasteiger partial charge on any atom is -0.490 e. The summed E-state index contributed by atoms with van der Waals surface area (Å²) >= 11 is 0. The van der Waals surface area contributed by atoms with Gasteiger partial charge < -0.3 is 13.9 Å². The maximum atomic E-state index is 11.8. The first-order valence-electron chi connectivity index (χ1n) is 7.78. The Morgan fingerprint density at radius 1 is 1.30 bits per heavy atom. The molecule has 1 aliphatic heterocycles. The minimum absolute atomic E-state index is 0.150. The number of hydrogen-bond donors (Lipinski definition) is 0. The van der Waals surface area contributed by atoms with Gasteiger partial charge in [-0.2, -0.15) is 0 Å². The number of ether oxygens (including phenoxy) is 2. The highest BCUT2D eigenvalue weighted by molar-refractivity contribution is 5.18. The van der Waals surface area contributed by atoms with E-state index in [-0.39, 0.29) is 17.3 Å². The molecule has 1 atom stereocenters. The normalized spacial score (nSPS) is 18.7. The van der Waals surface area contributed by atoms with E-state index in [9.17, 15) is 4.79 Å². The van der Waals surface area contributed by atoms with E-state index < -0.39 is 0 Å². The van der Waals surface area contributed by atoms with Gasteiger partial charge in [0.15, 0.2) is 0 Å². The third-order valence-electron chi connectivity index (χ3n) is 3.98. The summed E-state index contributed by atoms with van der Waals surface area (Å²) in [5.41, 5.74) is 1.12. The molecule has 2 aromatic rings. The Morgan fingerprint density at radius 2 is 2.13 bits per heavy atom. The maximum absolute atomic E-state index is 11.8. The molecule has 1 aliphatic rings. The number of rotatable bonds is 5. The fraction of sp³-hybridized carbons (Fsp3) is 0.389. The Hall–Kier alpha value is -2.11. The van der Waals surface area contributed by atoms with Crippen LogP contribution in [0.4, 0.5) is 0 Å². The summed E-state index contributed by atoms with van der Waals surface area (Å²) in [6, 6.07) is 11.8. The standard InChI is InChI=1S/C18H21NO4/c1-21-18-13-23-16(10-17(18)20)12-19-7-8-22-15(11-19)9-14-5-3-2-4-6-14/h2-6,10,13,15H,7-9,11-12H2,1H3/t15-/m1/s1. The molecule has 1 aromatic carbocycles. The molecule has 0 unspecified atom stereocenters. The van der Waals surface area contributed by atoms with Crippen LogP contribution in [0, 0.1) is 0 Å². The number of hydrogen-bond acceptors (Lipinski definition) is 5. The van der Waals surface area contributed by atoms with E-state index in [0.29, 0.717) is 18.9 Å². The molecule has 5 heteroatoms. The maximum Gasteiger partial charge on any atom is 0.227 e. The van der Waals surface area contributed by atoms with E-state index in [4.69, 9.17) is 13.9 Å². The SMILES string of the molecule is COc1coc(CN2CCO[C@H](Cc3ccccc3)C2)cc1=O. The first-order valence-corrected chi connectivity index (χ1v) is 7.78. The Balaban J connectivity index is 1.60. The summed E-state index contributed by atoms with van der Waals surface area (Å²) in [7, 11) is 1.46. The van der Waals surface area contributed by atoms with E-state index in [0.717, 1.165) is 19.5 Å². The van der Waals surface area contributed by atoms with Crippen LogP contribution in [0.15, 0.2) is 51.9 Å². The zero-order valence-corrected chi connectivity index (χ0v) is 13.2. The van der Waals surface area contributed by atoms with Gasteiger partial charge >= 0.3 is 0 Å². The second kappa shape index (κ2) is 7.44. The highest BCUT2D eigenvalue weighted by Crippen LogP contribution is 2.14. The van der Waals surface area contributed by atoms with Crippen molar-refractivity contribution in [3.05, 3.63) is 64.2 Å². The van der Waals surface area contributed by atoms with Gasteiger partial charge in [-0.15, -0.1) is 0 Å². The first kappa shape index (κ1) is 15.8. The van der Waals surface area contributed by atoms with Gasteiger partial charge in [0.05, 0.1) is 26.4 Å². The summed E-state index contributed by atoms with van der Waals surface area (Å²) < 4.78 is 16.3. The van der Waals surface area contributed by atoms with Crippen molar-refractivity contribution in [2.75, 3.05) is 26.8 Å². The second-order valence-electron chi connectivity index (χ2n) is 5.70. The van der Waals surface area contributed by atoms with Gasteiger partial charge in [0, 0.05) is 19.2 Å².